The third kappa shape index (κ3) is 5.29. The maximum absolute atomic E-state index is 12.5. The molecule has 0 atom stereocenters. The molecule has 180 valence electrons. The first-order valence-corrected chi connectivity index (χ1v) is 11.7. The number of amides is 2. The lowest BCUT2D eigenvalue weighted by atomic mass is 10.1. The van der Waals surface area contributed by atoms with Gasteiger partial charge >= 0.3 is 6.01 Å². The number of fused-ring (bicyclic) bond motifs is 1. The van der Waals surface area contributed by atoms with Gasteiger partial charge in [-0.1, -0.05) is 54.1 Å². The Hall–Kier alpha value is -4.43. The molecule has 5 aromatic rings. The second kappa shape index (κ2) is 10.5. The van der Waals surface area contributed by atoms with Crippen LogP contribution in [0.4, 0.5) is 5.69 Å². The van der Waals surface area contributed by atoms with Crippen LogP contribution >= 0.6 is 11.6 Å². The van der Waals surface area contributed by atoms with E-state index < -0.39 is 0 Å². The highest BCUT2D eigenvalue weighted by Crippen LogP contribution is 2.29. The molecule has 2 amide bonds. The summed E-state index contributed by atoms with van der Waals surface area (Å²) in [4.78, 5) is 33.7. The number of aromatic nitrogens is 3. The van der Waals surface area contributed by atoms with Gasteiger partial charge in [0, 0.05) is 29.1 Å². The molecule has 0 saturated heterocycles. The van der Waals surface area contributed by atoms with Gasteiger partial charge in [-0.25, -0.2) is 4.98 Å². The number of anilines is 1. The zero-order chi connectivity index (χ0) is 24.9. The Kier molecular flexibility index (Phi) is 6.77. The van der Waals surface area contributed by atoms with Crippen LogP contribution in [0.1, 0.15) is 12.2 Å². The number of halogens is 1. The van der Waals surface area contributed by atoms with Gasteiger partial charge in [0.05, 0.1) is 17.6 Å². The Bertz CT molecular complexity index is 1510. The molecule has 0 aliphatic carbocycles. The van der Waals surface area contributed by atoms with Crippen LogP contribution in [0.25, 0.3) is 28.3 Å². The maximum Gasteiger partial charge on any atom is 0.308 e. The number of carbonyl (C=O) groups is 2. The Balaban J connectivity index is 1.31. The molecule has 5 rings (SSSR count). The zero-order valence-corrected chi connectivity index (χ0v) is 19.9. The lowest BCUT2D eigenvalue weighted by molar-refractivity contribution is -0.124. The number of para-hydroxylation sites is 3. The van der Waals surface area contributed by atoms with Crippen molar-refractivity contribution >= 4 is 40.1 Å². The molecular weight excluding hydrogens is 478 g/mol. The largest absolute Gasteiger partial charge is 0.427 e. The fraction of sp³-hybridized carbons (Fsp3) is 0.111. The minimum absolute atomic E-state index is 0.124. The van der Waals surface area contributed by atoms with E-state index in [0.29, 0.717) is 34.6 Å². The fourth-order valence-corrected chi connectivity index (χ4v) is 3.90. The van der Waals surface area contributed by atoms with E-state index in [-0.39, 0.29) is 24.8 Å². The topological polar surface area (TPSA) is 102 Å². The molecule has 8 nitrogen and oxygen atoms in total. The second-order valence-electron chi connectivity index (χ2n) is 8.07. The van der Waals surface area contributed by atoms with Crippen LogP contribution in [-0.4, -0.2) is 32.9 Å². The van der Waals surface area contributed by atoms with E-state index in [1.54, 1.807) is 35.2 Å². The van der Waals surface area contributed by atoms with E-state index in [4.69, 9.17) is 21.0 Å². The number of hydrogen-bond donors (Lipinski definition) is 2. The Morgan fingerprint density at radius 3 is 2.47 bits per heavy atom. The van der Waals surface area contributed by atoms with Crippen molar-refractivity contribution in [3.63, 3.8) is 0 Å². The van der Waals surface area contributed by atoms with E-state index in [1.165, 1.54) is 0 Å². The summed E-state index contributed by atoms with van der Waals surface area (Å²) in [7, 11) is 0. The Labute approximate surface area is 211 Å². The molecule has 2 aromatic heterocycles. The molecule has 0 saturated carbocycles. The summed E-state index contributed by atoms with van der Waals surface area (Å²) < 4.78 is 7.90. The number of aryl methyl sites for hydroxylation is 1. The minimum Gasteiger partial charge on any atom is -0.427 e. The molecule has 0 aliphatic rings. The molecule has 9 heteroatoms. The Morgan fingerprint density at radius 1 is 0.917 bits per heavy atom. The number of carbonyl (C=O) groups excluding carboxylic acids is 2. The van der Waals surface area contributed by atoms with Crippen molar-refractivity contribution < 1.29 is 14.0 Å². The molecule has 0 fully saturated rings. The van der Waals surface area contributed by atoms with Crippen LogP contribution in [0.5, 0.6) is 0 Å². The molecule has 0 unspecified atom stereocenters. The van der Waals surface area contributed by atoms with E-state index in [0.717, 1.165) is 16.6 Å². The van der Waals surface area contributed by atoms with Crippen LogP contribution in [-0.2, 0) is 16.0 Å². The average molecular weight is 500 g/mol. The van der Waals surface area contributed by atoms with Crippen LogP contribution in [0.3, 0.4) is 0 Å². The standard InChI is InChI=1S/C27H22ClN5O3/c28-19-12-10-18(11-13-19)26-23(36-27(32-26)33-17-30-21-8-4-5-9-22(21)33)14-15-24(34)29-16-25(35)31-20-6-2-1-3-7-20/h1-13,17H,14-16H2,(H,29,34)(H,31,35). The summed E-state index contributed by atoms with van der Waals surface area (Å²) in [5.74, 6) is -0.0226. The quantitative estimate of drug-likeness (QED) is 0.312. The summed E-state index contributed by atoms with van der Waals surface area (Å²) in [6, 6.07) is 24.4. The SMILES string of the molecule is O=C(CCc1oc(-n2cnc3ccccc32)nc1-c1ccc(Cl)cc1)NCC(=O)Nc1ccccc1. The molecule has 0 bridgehead atoms. The highest BCUT2D eigenvalue weighted by atomic mass is 35.5. The smallest absolute Gasteiger partial charge is 0.308 e. The van der Waals surface area contributed by atoms with E-state index in [2.05, 4.69) is 15.6 Å². The van der Waals surface area contributed by atoms with Crippen molar-refractivity contribution in [2.24, 2.45) is 0 Å². The Morgan fingerprint density at radius 2 is 1.67 bits per heavy atom. The average Bonchev–Trinajstić information content (AvgIpc) is 3.52. The van der Waals surface area contributed by atoms with E-state index in [9.17, 15) is 9.59 Å². The molecule has 0 spiro atoms. The summed E-state index contributed by atoms with van der Waals surface area (Å²) in [5.41, 5.74) is 3.78. The van der Waals surface area contributed by atoms with Gasteiger partial charge in [-0.05, 0) is 36.4 Å². The minimum atomic E-state index is -0.301. The van der Waals surface area contributed by atoms with Crippen molar-refractivity contribution in [3.8, 4) is 17.3 Å². The van der Waals surface area contributed by atoms with Crippen molar-refractivity contribution in [1.82, 2.24) is 19.9 Å². The van der Waals surface area contributed by atoms with Crippen LogP contribution in [0.15, 0.2) is 89.6 Å². The number of oxazole rings is 1. The lowest BCUT2D eigenvalue weighted by Crippen LogP contribution is -2.32. The predicted molar refractivity (Wildman–Crippen MR) is 138 cm³/mol. The van der Waals surface area contributed by atoms with Gasteiger partial charge in [0.2, 0.25) is 11.8 Å². The molecule has 36 heavy (non-hydrogen) atoms. The summed E-state index contributed by atoms with van der Waals surface area (Å²) in [6.07, 6.45) is 2.08. The second-order valence-corrected chi connectivity index (χ2v) is 8.51. The normalized spacial score (nSPS) is 10.9. The number of rotatable bonds is 8. The number of benzene rings is 3. The number of nitrogens with zero attached hydrogens (tertiary/aromatic N) is 3. The van der Waals surface area contributed by atoms with Crippen molar-refractivity contribution in [2.75, 3.05) is 11.9 Å². The number of hydrogen-bond acceptors (Lipinski definition) is 5. The summed E-state index contributed by atoms with van der Waals surface area (Å²) in [5, 5.41) is 6.00. The number of nitrogens with one attached hydrogen (secondary N) is 2. The van der Waals surface area contributed by atoms with Gasteiger partial charge in [-0.2, -0.15) is 4.98 Å². The van der Waals surface area contributed by atoms with Crippen molar-refractivity contribution in [2.45, 2.75) is 12.8 Å². The highest BCUT2D eigenvalue weighted by molar-refractivity contribution is 6.30. The van der Waals surface area contributed by atoms with Crippen LogP contribution in [0, 0.1) is 0 Å². The van der Waals surface area contributed by atoms with Gasteiger partial charge in [0.15, 0.2) is 0 Å². The first kappa shape index (κ1) is 23.3. The summed E-state index contributed by atoms with van der Waals surface area (Å²) >= 11 is 6.06. The molecular formula is C27H22ClN5O3. The van der Waals surface area contributed by atoms with Gasteiger partial charge in [0.25, 0.3) is 0 Å². The van der Waals surface area contributed by atoms with E-state index >= 15 is 0 Å². The van der Waals surface area contributed by atoms with Crippen LogP contribution in [0.2, 0.25) is 5.02 Å². The lowest BCUT2D eigenvalue weighted by Gasteiger charge is -2.07. The van der Waals surface area contributed by atoms with Gasteiger partial charge < -0.3 is 15.1 Å². The molecule has 3 aromatic carbocycles. The van der Waals surface area contributed by atoms with Gasteiger partial charge in [-0.3, -0.25) is 14.2 Å². The first-order valence-electron chi connectivity index (χ1n) is 11.4. The monoisotopic (exact) mass is 499 g/mol. The van der Waals surface area contributed by atoms with Gasteiger partial charge in [-0.15, -0.1) is 0 Å². The zero-order valence-electron chi connectivity index (χ0n) is 19.1. The van der Waals surface area contributed by atoms with Gasteiger partial charge in [0.1, 0.15) is 17.8 Å². The van der Waals surface area contributed by atoms with Crippen LogP contribution < -0.4 is 10.6 Å². The third-order valence-corrected chi connectivity index (χ3v) is 5.80. The molecule has 2 N–H and O–H groups in total. The van der Waals surface area contributed by atoms with E-state index in [1.807, 2.05) is 54.6 Å². The summed E-state index contributed by atoms with van der Waals surface area (Å²) in [6.45, 7) is -0.125. The number of imidazole rings is 1. The highest BCUT2D eigenvalue weighted by Gasteiger charge is 2.19. The van der Waals surface area contributed by atoms with Crippen molar-refractivity contribution in [1.29, 1.82) is 0 Å². The predicted octanol–water partition coefficient (Wildman–Crippen LogP) is 5.02. The molecule has 0 radical (unpaired) electrons. The maximum atomic E-state index is 12.5. The fourth-order valence-electron chi connectivity index (χ4n) is 3.78. The molecule has 0 aliphatic heterocycles. The van der Waals surface area contributed by atoms with Crippen molar-refractivity contribution in [3.05, 3.63) is 96.0 Å². The molecule has 2 heterocycles. The third-order valence-electron chi connectivity index (χ3n) is 5.55. The first-order chi connectivity index (χ1) is 17.6.